The second kappa shape index (κ2) is 5.52. The number of aliphatic hydroxyl groups excluding tert-OH is 2. The molecule has 1 aliphatic heterocycles. The van der Waals surface area contributed by atoms with E-state index in [1.165, 1.54) is 0 Å². The Morgan fingerprint density at radius 1 is 1.29 bits per heavy atom. The molecule has 0 aliphatic carbocycles. The summed E-state index contributed by atoms with van der Waals surface area (Å²) in [4.78, 5) is 0. The molecule has 0 saturated heterocycles. The summed E-state index contributed by atoms with van der Waals surface area (Å²) in [5, 5.41) is 19.5. The average molecular weight is 236 g/mol. The van der Waals surface area contributed by atoms with E-state index in [1.807, 2.05) is 31.2 Å². The Morgan fingerprint density at radius 2 is 2.06 bits per heavy atom. The summed E-state index contributed by atoms with van der Waals surface area (Å²) in [6.07, 6.45) is 0.840. The molecule has 2 N–H and O–H groups in total. The highest BCUT2D eigenvalue weighted by molar-refractivity contribution is 5.37. The van der Waals surface area contributed by atoms with E-state index >= 15 is 0 Å². The SMILES string of the molecule is CCC(O)C(O)CC1CCOc2ccccc21. The molecule has 3 unspecified atom stereocenters. The van der Waals surface area contributed by atoms with Gasteiger partial charge in [0.2, 0.25) is 0 Å². The lowest BCUT2D eigenvalue weighted by Crippen LogP contribution is -2.28. The van der Waals surface area contributed by atoms with Gasteiger partial charge in [-0.05, 0) is 36.8 Å². The van der Waals surface area contributed by atoms with E-state index in [1.54, 1.807) is 0 Å². The van der Waals surface area contributed by atoms with Gasteiger partial charge in [-0.15, -0.1) is 0 Å². The summed E-state index contributed by atoms with van der Waals surface area (Å²) in [6.45, 7) is 2.57. The van der Waals surface area contributed by atoms with Gasteiger partial charge >= 0.3 is 0 Å². The quantitative estimate of drug-likeness (QED) is 0.841. The lowest BCUT2D eigenvalue weighted by Gasteiger charge is -2.28. The summed E-state index contributed by atoms with van der Waals surface area (Å²) in [5.41, 5.74) is 1.15. The molecule has 1 heterocycles. The van der Waals surface area contributed by atoms with Gasteiger partial charge in [-0.2, -0.15) is 0 Å². The monoisotopic (exact) mass is 236 g/mol. The van der Waals surface area contributed by atoms with E-state index in [9.17, 15) is 10.2 Å². The minimum Gasteiger partial charge on any atom is -0.493 e. The van der Waals surface area contributed by atoms with E-state index in [4.69, 9.17) is 4.74 Å². The minimum absolute atomic E-state index is 0.288. The first kappa shape index (κ1) is 12.4. The van der Waals surface area contributed by atoms with E-state index in [0.29, 0.717) is 19.4 Å². The molecule has 0 saturated carbocycles. The van der Waals surface area contributed by atoms with Gasteiger partial charge in [0.25, 0.3) is 0 Å². The highest BCUT2D eigenvalue weighted by atomic mass is 16.5. The second-order valence-electron chi connectivity index (χ2n) is 4.65. The Morgan fingerprint density at radius 3 is 2.82 bits per heavy atom. The molecular weight excluding hydrogens is 216 g/mol. The van der Waals surface area contributed by atoms with Gasteiger partial charge in [0.15, 0.2) is 0 Å². The fraction of sp³-hybridized carbons (Fsp3) is 0.571. The van der Waals surface area contributed by atoms with Crippen molar-refractivity contribution in [1.82, 2.24) is 0 Å². The minimum atomic E-state index is -0.642. The number of benzene rings is 1. The predicted octanol–water partition coefficient (Wildman–Crippen LogP) is 2.07. The van der Waals surface area contributed by atoms with Crippen LogP contribution in [0.1, 0.15) is 37.7 Å². The third kappa shape index (κ3) is 2.79. The van der Waals surface area contributed by atoms with Gasteiger partial charge < -0.3 is 14.9 Å². The Balaban J connectivity index is 2.08. The van der Waals surface area contributed by atoms with Crippen LogP contribution >= 0.6 is 0 Å². The largest absolute Gasteiger partial charge is 0.493 e. The van der Waals surface area contributed by atoms with E-state index in [-0.39, 0.29) is 5.92 Å². The van der Waals surface area contributed by atoms with Crippen LogP contribution in [0.2, 0.25) is 0 Å². The number of ether oxygens (including phenoxy) is 1. The highest BCUT2D eigenvalue weighted by Gasteiger charge is 2.25. The molecule has 0 aromatic heterocycles. The van der Waals surface area contributed by atoms with Crippen molar-refractivity contribution in [2.24, 2.45) is 0 Å². The van der Waals surface area contributed by atoms with Crippen molar-refractivity contribution in [3.05, 3.63) is 29.8 Å². The molecule has 0 amide bonds. The fourth-order valence-corrected chi connectivity index (χ4v) is 2.38. The van der Waals surface area contributed by atoms with Gasteiger partial charge in [-0.1, -0.05) is 25.1 Å². The van der Waals surface area contributed by atoms with Crippen molar-refractivity contribution in [1.29, 1.82) is 0 Å². The zero-order valence-corrected chi connectivity index (χ0v) is 10.2. The van der Waals surface area contributed by atoms with Gasteiger partial charge in [-0.25, -0.2) is 0 Å². The fourth-order valence-electron chi connectivity index (χ4n) is 2.38. The molecule has 0 fully saturated rings. The first-order chi connectivity index (χ1) is 8.22. The number of aliphatic hydroxyl groups is 2. The molecule has 0 spiro atoms. The Kier molecular flexibility index (Phi) is 4.02. The molecule has 17 heavy (non-hydrogen) atoms. The number of rotatable bonds is 4. The van der Waals surface area contributed by atoms with E-state index < -0.39 is 12.2 Å². The highest BCUT2D eigenvalue weighted by Crippen LogP contribution is 2.36. The van der Waals surface area contributed by atoms with Crippen LogP contribution in [-0.4, -0.2) is 29.0 Å². The molecule has 94 valence electrons. The Hall–Kier alpha value is -1.06. The second-order valence-corrected chi connectivity index (χ2v) is 4.65. The van der Waals surface area contributed by atoms with Crippen molar-refractivity contribution >= 4 is 0 Å². The van der Waals surface area contributed by atoms with Crippen LogP contribution in [0.25, 0.3) is 0 Å². The first-order valence-corrected chi connectivity index (χ1v) is 6.30. The van der Waals surface area contributed by atoms with Crippen LogP contribution in [0.3, 0.4) is 0 Å². The molecule has 2 rings (SSSR count). The van der Waals surface area contributed by atoms with Crippen LogP contribution in [0.15, 0.2) is 24.3 Å². The lowest BCUT2D eigenvalue weighted by molar-refractivity contribution is 0.00645. The molecule has 3 atom stereocenters. The average Bonchev–Trinajstić information content (AvgIpc) is 2.38. The summed E-state index contributed by atoms with van der Waals surface area (Å²) in [5.74, 6) is 1.21. The molecule has 1 aromatic rings. The van der Waals surface area contributed by atoms with Crippen molar-refractivity contribution in [3.63, 3.8) is 0 Å². The zero-order chi connectivity index (χ0) is 12.3. The van der Waals surface area contributed by atoms with Crippen LogP contribution < -0.4 is 4.74 Å². The molecule has 0 bridgehead atoms. The topological polar surface area (TPSA) is 49.7 Å². The summed E-state index contributed by atoms with van der Waals surface area (Å²) in [6, 6.07) is 7.95. The number of para-hydroxylation sites is 1. The molecule has 1 aliphatic rings. The van der Waals surface area contributed by atoms with Crippen LogP contribution in [0, 0.1) is 0 Å². The lowest BCUT2D eigenvalue weighted by atomic mass is 9.87. The maximum atomic E-state index is 9.90. The van der Waals surface area contributed by atoms with Gasteiger partial charge in [0.1, 0.15) is 5.75 Å². The van der Waals surface area contributed by atoms with Gasteiger partial charge in [0, 0.05) is 0 Å². The van der Waals surface area contributed by atoms with E-state index in [2.05, 4.69) is 0 Å². The molecule has 3 heteroatoms. The van der Waals surface area contributed by atoms with Crippen molar-refractivity contribution in [3.8, 4) is 5.75 Å². The maximum Gasteiger partial charge on any atom is 0.122 e. The van der Waals surface area contributed by atoms with E-state index in [0.717, 1.165) is 17.7 Å². The molecule has 3 nitrogen and oxygen atoms in total. The van der Waals surface area contributed by atoms with Crippen molar-refractivity contribution < 1.29 is 14.9 Å². The number of hydrogen-bond donors (Lipinski definition) is 2. The van der Waals surface area contributed by atoms with Crippen LogP contribution in [-0.2, 0) is 0 Å². The smallest absolute Gasteiger partial charge is 0.122 e. The van der Waals surface area contributed by atoms with Crippen molar-refractivity contribution in [2.75, 3.05) is 6.61 Å². The summed E-state index contributed by atoms with van der Waals surface area (Å²) in [7, 11) is 0. The van der Waals surface area contributed by atoms with Crippen LogP contribution in [0.4, 0.5) is 0 Å². The maximum absolute atomic E-state index is 9.90. The molecule has 1 aromatic carbocycles. The zero-order valence-electron chi connectivity index (χ0n) is 10.2. The molecule has 0 radical (unpaired) electrons. The standard InChI is InChI=1S/C14H20O3/c1-2-12(15)13(16)9-10-7-8-17-14-6-4-3-5-11(10)14/h3-6,10,12-13,15-16H,2,7-9H2,1H3. The third-order valence-corrected chi connectivity index (χ3v) is 3.47. The number of fused-ring (bicyclic) bond motifs is 1. The summed E-state index contributed by atoms with van der Waals surface area (Å²) >= 11 is 0. The first-order valence-electron chi connectivity index (χ1n) is 6.30. The van der Waals surface area contributed by atoms with Gasteiger partial charge in [0.05, 0.1) is 18.8 Å². The molecular formula is C14H20O3. The third-order valence-electron chi connectivity index (χ3n) is 3.47. The Labute approximate surface area is 102 Å². The Bertz CT molecular complexity index is 364. The normalized spacial score (nSPS) is 22.4. The van der Waals surface area contributed by atoms with Crippen molar-refractivity contribution in [2.45, 2.75) is 44.3 Å². The summed E-state index contributed by atoms with van der Waals surface area (Å²) < 4.78 is 5.58. The van der Waals surface area contributed by atoms with Gasteiger partial charge in [-0.3, -0.25) is 0 Å². The predicted molar refractivity (Wildman–Crippen MR) is 66.2 cm³/mol. The number of hydrogen-bond acceptors (Lipinski definition) is 3. The van der Waals surface area contributed by atoms with Crippen LogP contribution in [0.5, 0.6) is 5.75 Å².